The molecule has 3 rings (SSSR count). The van der Waals surface area contributed by atoms with Crippen LogP contribution in [0.3, 0.4) is 0 Å². The second-order valence-corrected chi connectivity index (χ2v) is 7.02. The first-order valence-electron chi connectivity index (χ1n) is 7.57. The van der Waals surface area contributed by atoms with E-state index in [9.17, 15) is 9.59 Å². The van der Waals surface area contributed by atoms with Gasteiger partial charge in [0, 0.05) is 12.1 Å². The van der Waals surface area contributed by atoms with Gasteiger partial charge in [0.2, 0.25) is 0 Å². The van der Waals surface area contributed by atoms with Crippen LogP contribution in [0.4, 0.5) is 0 Å². The van der Waals surface area contributed by atoms with Gasteiger partial charge >= 0.3 is 5.97 Å². The van der Waals surface area contributed by atoms with Crippen LogP contribution in [0.1, 0.15) is 16.1 Å². The van der Waals surface area contributed by atoms with Gasteiger partial charge in [-0.1, -0.05) is 48.8 Å². The molecule has 0 unspecified atom stereocenters. The van der Waals surface area contributed by atoms with Crippen LogP contribution in [0.25, 0.3) is 11.3 Å². The van der Waals surface area contributed by atoms with Gasteiger partial charge in [0.1, 0.15) is 15.8 Å². The fourth-order valence-corrected chi connectivity index (χ4v) is 3.25. The highest BCUT2D eigenvalue weighted by atomic mass is 32.2. The summed E-state index contributed by atoms with van der Waals surface area (Å²) in [6.45, 7) is 9.42. The van der Waals surface area contributed by atoms with Crippen molar-refractivity contribution in [3.63, 3.8) is 0 Å². The van der Waals surface area contributed by atoms with Crippen LogP contribution in [0.2, 0.25) is 0 Å². The Balaban J connectivity index is 0.000000197. The molecular weight excluding hydrogens is 370 g/mol. The Labute approximate surface area is 161 Å². The summed E-state index contributed by atoms with van der Waals surface area (Å²) in [6.07, 6.45) is 1.64. The third-order valence-electron chi connectivity index (χ3n) is 3.36. The average Bonchev–Trinajstić information content (AvgIpc) is 3.15. The monoisotopic (exact) mass is 387 g/mol. The average molecular weight is 387 g/mol. The van der Waals surface area contributed by atoms with Gasteiger partial charge in [0.05, 0.1) is 10.5 Å². The fourth-order valence-electron chi connectivity index (χ4n) is 2.12. The standard InChI is InChI=1S/C12H10O3.C7H7NOS2/c1-8-5-6-11(15-8)9-3-2-4-10(7-9)12(13)14;1-3-4-8-6(9)5(2)11-7(8)10/h2-7H,1H3,(H,13,14);3H,1-2,4H2. The molecule has 0 radical (unpaired) electrons. The van der Waals surface area contributed by atoms with Crippen LogP contribution in [-0.2, 0) is 4.79 Å². The molecule has 0 bridgehead atoms. The van der Waals surface area contributed by atoms with Crippen LogP contribution < -0.4 is 0 Å². The first-order chi connectivity index (χ1) is 12.3. The highest BCUT2D eigenvalue weighted by Crippen LogP contribution is 2.28. The SMILES string of the molecule is C=CCN1C(=O)C(=C)SC1=S.Cc1ccc(-c2cccc(C(=O)O)c2)o1. The second kappa shape index (κ2) is 8.64. The van der Waals surface area contributed by atoms with Crippen molar-refractivity contribution in [1.29, 1.82) is 0 Å². The fraction of sp³-hybridized carbons (Fsp3) is 0.105. The van der Waals surface area contributed by atoms with Gasteiger partial charge in [-0.05, 0) is 31.2 Å². The van der Waals surface area contributed by atoms with Crippen molar-refractivity contribution in [2.45, 2.75) is 6.92 Å². The molecule has 1 amide bonds. The van der Waals surface area contributed by atoms with Crippen molar-refractivity contribution in [3.8, 4) is 11.3 Å². The largest absolute Gasteiger partial charge is 0.478 e. The van der Waals surface area contributed by atoms with E-state index in [0.29, 0.717) is 21.5 Å². The Morgan fingerprint density at radius 2 is 2.12 bits per heavy atom. The summed E-state index contributed by atoms with van der Waals surface area (Å²) in [6, 6.07) is 10.4. The molecule has 2 heterocycles. The molecule has 0 saturated carbocycles. The molecule has 1 N–H and O–H groups in total. The first kappa shape index (κ1) is 19.7. The summed E-state index contributed by atoms with van der Waals surface area (Å²) in [7, 11) is 0. The van der Waals surface area contributed by atoms with Gasteiger partial charge in [-0.2, -0.15) is 0 Å². The smallest absolute Gasteiger partial charge is 0.335 e. The number of thioether (sulfide) groups is 1. The van der Waals surface area contributed by atoms with Crippen LogP contribution in [0.5, 0.6) is 0 Å². The topological polar surface area (TPSA) is 70.8 Å². The quantitative estimate of drug-likeness (QED) is 0.473. The number of carbonyl (C=O) groups excluding carboxylic acids is 1. The van der Waals surface area contributed by atoms with Gasteiger partial charge < -0.3 is 9.52 Å². The lowest BCUT2D eigenvalue weighted by Gasteiger charge is -2.09. The van der Waals surface area contributed by atoms with Crippen molar-refractivity contribution in [2.24, 2.45) is 0 Å². The minimum atomic E-state index is -0.930. The number of aryl methyl sites for hydroxylation is 1. The van der Waals surface area contributed by atoms with Crippen LogP contribution in [0, 0.1) is 6.92 Å². The molecule has 1 fully saturated rings. The van der Waals surface area contributed by atoms with Gasteiger partial charge in [-0.25, -0.2) is 4.79 Å². The molecule has 0 atom stereocenters. The maximum Gasteiger partial charge on any atom is 0.335 e. The van der Waals surface area contributed by atoms with E-state index in [0.717, 1.165) is 11.3 Å². The summed E-state index contributed by atoms with van der Waals surface area (Å²) in [4.78, 5) is 23.9. The Hall–Kier alpha value is -2.64. The number of nitrogens with zero attached hydrogens (tertiary/aromatic N) is 1. The number of aromatic carboxylic acids is 1. The van der Waals surface area contributed by atoms with Gasteiger partial charge in [0.15, 0.2) is 0 Å². The Morgan fingerprint density at radius 3 is 2.62 bits per heavy atom. The normalized spacial score (nSPS) is 13.4. The van der Waals surface area contributed by atoms with E-state index in [1.165, 1.54) is 16.7 Å². The number of furan rings is 1. The highest BCUT2D eigenvalue weighted by Gasteiger charge is 2.29. The zero-order valence-electron chi connectivity index (χ0n) is 14.1. The maximum absolute atomic E-state index is 11.2. The summed E-state index contributed by atoms with van der Waals surface area (Å²) < 4.78 is 5.98. The molecule has 1 aliphatic rings. The summed E-state index contributed by atoms with van der Waals surface area (Å²) >= 11 is 6.16. The molecule has 1 saturated heterocycles. The number of carbonyl (C=O) groups is 2. The lowest BCUT2D eigenvalue weighted by atomic mass is 10.1. The predicted octanol–water partition coefficient (Wildman–Crippen LogP) is 4.50. The van der Waals surface area contributed by atoms with Crippen molar-refractivity contribution in [3.05, 3.63) is 71.9 Å². The molecule has 1 aromatic carbocycles. The Bertz CT molecular complexity index is 885. The maximum atomic E-state index is 11.2. The predicted molar refractivity (Wildman–Crippen MR) is 107 cm³/mol. The zero-order valence-corrected chi connectivity index (χ0v) is 15.7. The third kappa shape index (κ3) is 4.71. The Morgan fingerprint density at radius 1 is 1.38 bits per heavy atom. The summed E-state index contributed by atoms with van der Waals surface area (Å²) in [5, 5.41) is 8.83. The van der Waals surface area contributed by atoms with E-state index in [2.05, 4.69) is 13.2 Å². The van der Waals surface area contributed by atoms with Gasteiger partial charge in [-0.3, -0.25) is 9.69 Å². The molecule has 5 nitrogen and oxygen atoms in total. The third-order valence-corrected chi connectivity index (χ3v) is 4.65. The minimum absolute atomic E-state index is 0.0973. The number of benzene rings is 1. The van der Waals surface area contributed by atoms with Crippen molar-refractivity contribution >= 4 is 40.2 Å². The summed E-state index contributed by atoms with van der Waals surface area (Å²) in [5.41, 5.74) is 1.05. The molecule has 26 heavy (non-hydrogen) atoms. The highest BCUT2D eigenvalue weighted by molar-refractivity contribution is 8.26. The second-order valence-electron chi connectivity index (χ2n) is 5.29. The molecule has 0 aliphatic carbocycles. The number of hydrogen-bond donors (Lipinski definition) is 1. The number of carboxylic acid groups (broad SMARTS) is 1. The molecule has 2 aromatic rings. The van der Waals surface area contributed by atoms with Crippen LogP contribution >= 0.6 is 24.0 Å². The molecule has 134 valence electrons. The van der Waals surface area contributed by atoms with E-state index >= 15 is 0 Å². The zero-order chi connectivity index (χ0) is 19.3. The minimum Gasteiger partial charge on any atom is -0.478 e. The number of carboxylic acids is 1. The lowest BCUT2D eigenvalue weighted by Crippen LogP contribution is -2.27. The van der Waals surface area contributed by atoms with E-state index in [1.807, 2.05) is 25.1 Å². The number of amides is 1. The lowest BCUT2D eigenvalue weighted by molar-refractivity contribution is -0.121. The number of thiocarbonyl (C=S) groups is 1. The first-order valence-corrected chi connectivity index (χ1v) is 8.79. The van der Waals surface area contributed by atoms with Crippen molar-refractivity contribution in [1.82, 2.24) is 4.90 Å². The molecule has 1 aromatic heterocycles. The van der Waals surface area contributed by atoms with Crippen LogP contribution in [-0.4, -0.2) is 32.7 Å². The Kier molecular flexibility index (Phi) is 6.54. The van der Waals surface area contributed by atoms with Crippen molar-refractivity contribution in [2.75, 3.05) is 6.54 Å². The van der Waals surface area contributed by atoms with E-state index in [4.69, 9.17) is 21.7 Å². The molecule has 1 aliphatic heterocycles. The molecule has 0 spiro atoms. The number of hydrogen-bond acceptors (Lipinski definition) is 5. The van der Waals surface area contributed by atoms with E-state index in [1.54, 1.807) is 24.3 Å². The molecular formula is C19H17NO4S2. The molecule has 7 heteroatoms. The van der Waals surface area contributed by atoms with E-state index < -0.39 is 5.97 Å². The van der Waals surface area contributed by atoms with Gasteiger partial charge in [-0.15, -0.1) is 6.58 Å². The van der Waals surface area contributed by atoms with Crippen molar-refractivity contribution < 1.29 is 19.1 Å². The number of rotatable bonds is 4. The van der Waals surface area contributed by atoms with Crippen LogP contribution in [0.15, 0.2) is 65.0 Å². The van der Waals surface area contributed by atoms with E-state index in [-0.39, 0.29) is 11.5 Å². The van der Waals surface area contributed by atoms with Gasteiger partial charge in [0.25, 0.3) is 5.91 Å². The summed E-state index contributed by atoms with van der Waals surface area (Å²) in [5.74, 6) is 0.473.